The number of carbonyl (C=O) groups is 2. The maximum Gasteiger partial charge on any atom is 0.264 e. The van der Waals surface area contributed by atoms with Crippen LogP contribution in [-0.4, -0.2) is 66.2 Å². The molecule has 9 nitrogen and oxygen atoms in total. The lowest BCUT2D eigenvalue weighted by molar-refractivity contribution is -0.142. The van der Waals surface area contributed by atoms with E-state index >= 15 is 0 Å². The van der Waals surface area contributed by atoms with Crippen LogP contribution < -0.4 is 10.2 Å². The van der Waals surface area contributed by atoms with E-state index in [4.69, 9.17) is 4.99 Å². The first-order chi connectivity index (χ1) is 29.8. The quantitative estimate of drug-likeness (QED) is 0.0542. The third-order valence-corrected chi connectivity index (χ3v) is 23.4. The molecular weight excluding hydrogens is 1490 g/mol. The van der Waals surface area contributed by atoms with Crippen molar-refractivity contribution in [2.75, 3.05) is 29.1 Å². The number of likely N-dealkylation sites (tertiary alicyclic amines) is 1. The highest BCUT2D eigenvalue weighted by atomic mass is 127. The van der Waals surface area contributed by atoms with E-state index in [1.807, 2.05) is 86.4 Å². The molecule has 6 rings (SSSR count). The van der Waals surface area contributed by atoms with Gasteiger partial charge in [0.2, 0.25) is 5.91 Å². The van der Waals surface area contributed by atoms with E-state index in [0.717, 1.165) is 56.9 Å². The molecule has 1 saturated heterocycles. The first kappa shape index (κ1) is 51.7. The van der Waals surface area contributed by atoms with Crippen molar-refractivity contribution >= 4 is 180 Å². The first-order valence-corrected chi connectivity index (χ1v) is 28.9. The Kier molecular flexibility index (Phi) is 18.6. The molecule has 0 aromatic heterocycles. The molecule has 2 heterocycles. The number of hydrogen-bond acceptors (Lipinski definition) is 7. The molecule has 2 unspecified atom stereocenters. The Morgan fingerprint density at radius 3 is 2.22 bits per heavy atom. The van der Waals surface area contributed by atoms with Crippen molar-refractivity contribution in [1.29, 1.82) is 0 Å². The molecule has 3 aromatic rings. The zero-order valence-corrected chi connectivity index (χ0v) is 49.2. The monoisotopic (exact) mass is 1540 g/mol. The lowest BCUT2D eigenvalue weighted by atomic mass is 9.65. The van der Waals surface area contributed by atoms with E-state index in [1.165, 1.54) is 29.0 Å². The average Bonchev–Trinajstić information content (AvgIpc) is 3.82. The van der Waals surface area contributed by atoms with Gasteiger partial charge in [-0.2, -0.15) is 8.42 Å². The molecule has 0 radical (unpaired) electrons. The smallest absolute Gasteiger partial charge is 0.264 e. The Hall–Kier alpha value is -0.680. The summed E-state index contributed by atoms with van der Waals surface area (Å²) < 4.78 is 40.6. The van der Waals surface area contributed by atoms with Crippen LogP contribution >= 0.6 is 136 Å². The minimum absolute atomic E-state index is 0.0456. The summed E-state index contributed by atoms with van der Waals surface area (Å²) in [7, 11) is -4.15. The highest BCUT2D eigenvalue weighted by Crippen LogP contribution is 2.58. The summed E-state index contributed by atoms with van der Waals surface area (Å²) in [6, 6.07) is 11.4. The number of fused-ring (bicyclic) bond motifs is 2. The van der Waals surface area contributed by atoms with Crippen molar-refractivity contribution in [2.45, 2.75) is 90.1 Å². The number of allylic oxidation sites excluding steroid dienone is 8. The van der Waals surface area contributed by atoms with Crippen LogP contribution in [0.15, 0.2) is 89.6 Å². The van der Waals surface area contributed by atoms with Gasteiger partial charge in [-0.05, 0) is 250 Å². The van der Waals surface area contributed by atoms with Crippen molar-refractivity contribution in [3.63, 3.8) is 0 Å². The number of hydrogen-bond donors (Lipinski definition) is 2. The molecule has 3 aromatic carbocycles. The fourth-order valence-corrected chi connectivity index (χ4v) is 14.2. The highest BCUT2D eigenvalue weighted by molar-refractivity contribution is 14.1. The summed E-state index contributed by atoms with van der Waals surface area (Å²) in [6.07, 6.45) is 18.6. The minimum atomic E-state index is -4.15. The normalized spacial score (nSPS) is 21.8. The topological polar surface area (TPSA) is 119 Å². The summed E-state index contributed by atoms with van der Waals surface area (Å²) in [6.45, 7) is 9.01. The maximum absolute atomic E-state index is 14.4. The van der Waals surface area contributed by atoms with Gasteiger partial charge in [-0.1, -0.05) is 48.1 Å². The Bertz CT molecular complexity index is 2510. The SMILES string of the molecule is CC(/C=C/C=C/C=C/C=C1\N(CCCS(=O)(=O)O)c2cc(I)c(I)c(I)c2C12CCC(C(=O)N1CCCC1C(=O)C(C)Nc1ccc(C)cc1)CC2)=Nc1cc(I)c(I)c(I)c1C. The van der Waals surface area contributed by atoms with Crippen LogP contribution in [0.25, 0.3) is 0 Å². The Morgan fingerprint density at radius 2 is 1.54 bits per heavy atom. The summed E-state index contributed by atoms with van der Waals surface area (Å²) in [4.78, 5) is 37.2. The predicted molar refractivity (Wildman–Crippen MR) is 308 cm³/mol. The molecule has 1 aliphatic carbocycles. The fourth-order valence-electron chi connectivity index (χ4n) is 8.90. The van der Waals surface area contributed by atoms with Crippen molar-refractivity contribution in [3.05, 3.63) is 123 Å². The molecule has 0 bridgehead atoms. The molecule has 63 heavy (non-hydrogen) atoms. The second kappa shape index (κ2) is 22.6. The van der Waals surface area contributed by atoms with Crippen LogP contribution in [-0.2, 0) is 25.1 Å². The number of aryl methyl sites for hydroxylation is 1. The Balaban J connectivity index is 1.24. The van der Waals surface area contributed by atoms with E-state index in [-0.39, 0.29) is 29.8 Å². The van der Waals surface area contributed by atoms with Crippen LogP contribution in [0.5, 0.6) is 0 Å². The molecule has 1 amide bonds. The number of carbonyl (C=O) groups excluding carboxylic acids is 2. The predicted octanol–water partition coefficient (Wildman–Crippen LogP) is 12.9. The number of nitrogens with zero attached hydrogens (tertiary/aromatic N) is 3. The van der Waals surface area contributed by atoms with Gasteiger partial charge in [0.1, 0.15) is 0 Å². The molecule has 3 aliphatic rings. The molecule has 1 saturated carbocycles. The molecule has 1 spiro atoms. The summed E-state index contributed by atoms with van der Waals surface area (Å²) in [5, 5.41) is 3.36. The lowest BCUT2D eigenvalue weighted by Gasteiger charge is -2.41. The van der Waals surface area contributed by atoms with E-state index < -0.39 is 27.6 Å². The third kappa shape index (κ3) is 12.3. The number of aliphatic imine (C=N–C) groups is 1. The first-order valence-electron chi connectivity index (χ1n) is 20.8. The van der Waals surface area contributed by atoms with Crippen molar-refractivity contribution in [2.24, 2.45) is 10.9 Å². The zero-order chi connectivity index (χ0) is 45.8. The van der Waals surface area contributed by atoms with Gasteiger partial charge in [-0.15, -0.1) is 0 Å². The number of ketones is 1. The van der Waals surface area contributed by atoms with Crippen molar-refractivity contribution in [3.8, 4) is 0 Å². The number of nitrogens with one attached hydrogen (secondary N) is 1. The molecule has 336 valence electrons. The Labute approximate surface area is 454 Å². The number of benzene rings is 3. The number of halogens is 6. The summed E-state index contributed by atoms with van der Waals surface area (Å²) in [5.41, 5.74) is 8.00. The van der Waals surface area contributed by atoms with E-state index in [9.17, 15) is 22.6 Å². The van der Waals surface area contributed by atoms with Gasteiger partial charge in [0.15, 0.2) is 5.78 Å². The molecule has 16 heteroatoms. The van der Waals surface area contributed by atoms with Gasteiger partial charge in [-0.25, -0.2) is 0 Å². The number of rotatable bonds is 14. The van der Waals surface area contributed by atoms with Crippen LogP contribution in [0.2, 0.25) is 0 Å². The second-order valence-corrected chi connectivity index (χ2v) is 24.6. The summed E-state index contributed by atoms with van der Waals surface area (Å²) in [5.74, 6) is -0.426. The second-order valence-electron chi connectivity index (χ2n) is 16.4. The van der Waals surface area contributed by atoms with E-state index in [1.54, 1.807) is 0 Å². The zero-order valence-electron chi connectivity index (χ0n) is 35.4. The van der Waals surface area contributed by atoms with Gasteiger partial charge >= 0.3 is 0 Å². The molecule has 2 N–H and O–H groups in total. The fraction of sp³-hybridized carbons (Fsp3) is 0.383. The number of anilines is 2. The molecule has 2 aliphatic heterocycles. The van der Waals surface area contributed by atoms with E-state index in [2.05, 4.69) is 171 Å². The number of Topliss-reactive ketones (excluding diaryl/α,β-unsaturated/α-hetero) is 1. The van der Waals surface area contributed by atoms with Gasteiger partial charge in [0, 0.05) is 74.2 Å². The van der Waals surface area contributed by atoms with Crippen LogP contribution in [0.3, 0.4) is 0 Å². The van der Waals surface area contributed by atoms with Gasteiger partial charge < -0.3 is 15.1 Å². The highest BCUT2D eigenvalue weighted by Gasteiger charge is 2.52. The Morgan fingerprint density at radius 1 is 0.905 bits per heavy atom. The average molecular weight is 1540 g/mol. The molecule has 2 atom stereocenters. The largest absolute Gasteiger partial charge is 0.375 e. The van der Waals surface area contributed by atoms with Gasteiger partial charge in [0.25, 0.3) is 10.1 Å². The number of amides is 1. The van der Waals surface area contributed by atoms with Gasteiger partial charge in [-0.3, -0.25) is 19.1 Å². The molecule has 2 fully saturated rings. The van der Waals surface area contributed by atoms with Crippen molar-refractivity contribution < 1.29 is 22.6 Å². The molecular formula is C47H50I6N4O5S. The third-order valence-electron chi connectivity index (χ3n) is 12.1. The van der Waals surface area contributed by atoms with Crippen LogP contribution in [0.1, 0.15) is 75.5 Å². The van der Waals surface area contributed by atoms with Gasteiger partial charge in [0.05, 0.1) is 23.5 Å². The van der Waals surface area contributed by atoms with Crippen LogP contribution in [0, 0.1) is 41.2 Å². The summed E-state index contributed by atoms with van der Waals surface area (Å²) >= 11 is 14.4. The standard InChI is InChI=1S/C47H50I6N4O5S/c1-28-15-17-33(18-16-28)55-31(4)45(58)37-13-10-23-57(37)46(59)32-19-21-47(22-20-32)39(56(24-11-25-63(60,61)62)38-27-35(49)43(52)44(53)40(38)47)14-9-7-5-6-8-12-29(2)54-36-26-34(48)42(51)41(50)30(36)3/h5-9,12,14-18,26-27,31-32,37,55H,10-11,13,19-25H2,1-4H3,(H,60,61,62)/b6-5+,9-7+,12-8+,39-14-,54-29?. The lowest BCUT2D eigenvalue weighted by Crippen LogP contribution is -2.49. The van der Waals surface area contributed by atoms with E-state index in [0.29, 0.717) is 32.4 Å². The maximum atomic E-state index is 14.4. The minimum Gasteiger partial charge on any atom is -0.375 e. The van der Waals surface area contributed by atoms with Crippen molar-refractivity contribution in [1.82, 2.24) is 4.90 Å². The van der Waals surface area contributed by atoms with Crippen LogP contribution in [0.4, 0.5) is 17.1 Å².